The molecule has 0 radical (unpaired) electrons. The Kier molecular flexibility index (Phi) is 8.95. The molecule has 0 bridgehead atoms. The molecule has 0 fully saturated rings. The molecule has 0 saturated heterocycles. The van der Waals surface area contributed by atoms with E-state index >= 15 is 0 Å². The number of aromatic nitrogens is 1. The molecule has 0 saturated carbocycles. The highest BCUT2D eigenvalue weighted by Gasteiger charge is 2.31. The zero-order valence-electron chi connectivity index (χ0n) is 18.1. The number of rotatable bonds is 11. The van der Waals surface area contributed by atoms with Gasteiger partial charge in [-0.2, -0.15) is 4.37 Å². The Morgan fingerprint density at radius 3 is 2.32 bits per heavy atom. The van der Waals surface area contributed by atoms with Gasteiger partial charge in [-0.1, -0.05) is 44.2 Å². The van der Waals surface area contributed by atoms with Crippen LogP contribution in [0.15, 0.2) is 30.3 Å². The second-order valence-corrected chi connectivity index (χ2v) is 7.82. The smallest absolute Gasteiger partial charge is 0.270 e. The summed E-state index contributed by atoms with van der Waals surface area (Å²) < 4.78 is 3.91. The first-order chi connectivity index (χ1) is 14.8. The fraction of sp³-hybridized carbons (Fsp3) is 0.429. The van der Waals surface area contributed by atoms with Gasteiger partial charge in [-0.15, -0.1) is 0 Å². The average Bonchev–Trinajstić information content (AvgIpc) is 3.16. The molecule has 0 aliphatic rings. The predicted molar refractivity (Wildman–Crippen MR) is 122 cm³/mol. The van der Waals surface area contributed by atoms with Crippen molar-refractivity contribution in [3.8, 4) is 0 Å². The summed E-state index contributed by atoms with van der Waals surface area (Å²) in [6.45, 7) is 8.66. The van der Waals surface area contributed by atoms with E-state index in [1.54, 1.807) is 6.92 Å². The Morgan fingerprint density at radius 2 is 1.77 bits per heavy atom. The Hall–Kier alpha value is -2.98. The number of anilines is 1. The van der Waals surface area contributed by atoms with Gasteiger partial charge >= 0.3 is 0 Å². The maximum absolute atomic E-state index is 13.3. The maximum atomic E-state index is 13.3. The van der Waals surface area contributed by atoms with Gasteiger partial charge in [0.15, 0.2) is 5.69 Å². The minimum absolute atomic E-state index is 0.0489. The monoisotopic (exact) mass is 446 g/mol. The number of benzene rings is 1. The molecule has 9 nitrogen and oxygen atoms in total. The van der Waals surface area contributed by atoms with Gasteiger partial charge in [-0.25, -0.2) is 0 Å². The fourth-order valence-electron chi connectivity index (χ4n) is 3.09. The van der Waals surface area contributed by atoms with Gasteiger partial charge in [0.05, 0.1) is 5.69 Å². The van der Waals surface area contributed by atoms with E-state index < -0.39 is 17.9 Å². The van der Waals surface area contributed by atoms with Crippen LogP contribution in [0.1, 0.15) is 46.5 Å². The number of carbonyl (C=O) groups excluding carboxylic acids is 3. The Labute approximate surface area is 186 Å². The van der Waals surface area contributed by atoms with Gasteiger partial charge in [-0.05, 0) is 37.1 Å². The number of carbonyl (C=O) groups is 3. The Bertz CT molecular complexity index is 898. The Balaban J connectivity index is 2.21. The van der Waals surface area contributed by atoms with Crippen LogP contribution in [0.3, 0.4) is 0 Å². The second-order valence-electron chi connectivity index (χ2n) is 7.04. The number of likely N-dealkylation sites (N-methyl/N-ethyl adjacent to an activating group) is 1. The highest BCUT2D eigenvalue weighted by atomic mass is 32.1. The molecule has 2 aromatic rings. The average molecular weight is 447 g/mol. The molecule has 0 unspecified atom stereocenters. The summed E-state index contributed by atoms with van der Waals surface area (Å²) in [5.41, 5.74) is 12.0. The van der Waals surface area contributed by atoms with E-state index in [-0.39, 0.29) is 22.2 Å². The Morgan fingerprint density at radius 1 is 1.13 bits per heavy atom. The molecular formula is C21H30N6O3S. The molecule has 0 aliphatic heterocycles. The third-order valence-corrected chi connectivity index (χ3v) is 5.98. The van der Waals surface area contributed by atoms with Crippen molar-refractivity contribution in [2.75, 3.05) is 31.9 Å². The van der Waals surface area contributed by atoms with E-state index in [2.05, 4.69) is 14.6 Å². The molecule has 31 heavy (non-hydrogen) atoms. The lowest BCUT2D eigenvalue weighted by Gasteiger charge is -2.30. The SMILES string of the molecule is CCN(CC)CCN(C(=O)c1snc(C(N)=O)c1N)[C@@H](C)C(=O)NCc1ccccc1. The van der Waals surface area contributed by atoms with Crippen molar-refractivity contribution in [3.63, 3.8) is 0 Å². The highest BCUT2D eigenvalue weighted by Crippen LogP contribution is 2.24. The standard InChI is InChI=1S/C21H30N6O3S/c1-4-26(5-2)11-12-27(21(30)18-16(22)17(19(23)28)25-31-18)14(3)20(29)24-13-15-9-7-6-8-10-15/h6-10,14H,4-5,11-13,22H2,1-3H3,(H2,23,28)(H,24,29)/t14-/m0/s1. The van der Waals surface area contributed by atoms with Crippen molar-refractivity contribution >= 4 is 34.9 Å². The zero-order chi connectivity index (χ0) is 23.0. The van der Waals surface area contributed by atoms with Crippen molar-refractivity contribution in [3.05, 3.63) is 46.5 Å². The third-order valence-electron chi connectivity index (χ3n) is 5.12. The normalized spacial score (nSPS) is 11.9. The number of hydrogen-bond acceptors (Lipinski definition) is 7. The van der Waals surface area contributed by atoms with Gasteiger partial charge in [0, 0.05) is 19.6 Å². The number of nitrogens with zero attached hydrogens (tertiary/aromatic N) is 3. The molecule has 1 heterocycles. The summed E-state index contributed by atoms with van der Waals surface area (Å²) in [4.78, 5) is 41.3. The first-order valence-electron chi connectivity index (χ1n) is 10.2. The largest absolute Gasteiger partial charge is 0.395 e. The van der Waals surface area contributed by atoms with Gasteiger partial charge in [-0.3, -0.25) is 14.4 Å². The number of primary amides is 1. The molecule has 0 spiro atoms. The van der Waals surface area contributed by atoms with Crippen LogP contribution >= 0.6 is 11.5 Å². The molecule has 3 amide bonds. The lowest BCUT2D eigenvalue weighted by molar-refractivity contribution is -0.125. The van der Waals surface area contributed by atoms with E-state index in [0.29, 0.717) is 19.6 Å². The van der Waals surface area contributed by atoms with Crippen molar-refractivity contribution < 1.29 is 14.4 Å². The first kappa shape index (κ1) is 24.3. The van der Waals surface area contributed by atoms with E-state index in [4.69, 9.17) is 11.5 Å². The maximum Gasteiger partial charge on any atom is 0.270 e. The van der Waals surface area contributed by atoms with Crippen molar-refractivity contribution in [1.82, 2.24) is 19.5 Å². The second kappa shape index (κ2) is 11.4. The minimum atomic E-state index is -0.795. The molecule has 1 aromatic carbocycles. The van der Waals surface area contributed by atoms with Crippen LogP contribution in [0.5, 0.6) is 0 Å². The summed E-state index contributed by atoms with van der Waals surface area (Å²) in [6, 6.07) is 8.78. The van der Waals surface area contributed by atoms with Crippen LogP contribution in [-0.4, -0.2) is 64.1 Å². The number of amides is 3. The third kappa shape index (κ3) is 6.25. The molecule has 1 aromatic heterocycles. The van der Waals surface area contributed by atoms with Crippen molar-refractivity contribution in [1.29, 1.82) is 0 Å². The van der Waals surface area contributed by atoms with E-state index in [1.807, 2.05) is 44.2 Å². The summed E-state index contributed by atoms with van der Waals surface area (Å²) in [5, 5.41) is 2.88. The molecule has 5 N–H and O–H groups in total. The van der Waals surface area contributed by atoms with Crippen LogP contribution in [-0.2, 0) is 11.3 Å². The van der Waals surface area contributed by atoms with E-state index in [1.165, 1.54) is 4.90 Å². The number of nitrogen functional groups attached to an aromatic ring is 1. The highest BCUT2D eigenvalue weighted by molar-refractivity contribution is 7.09. The summed E-state index contributed by atoms with van der Waals surface area (Å²) in [6.07, 6.45) is 0. The first-order valence-corrected chi connectivity index (χ1v) is 11.0. The molecule has 1 atom stereocenters. The zero-order valence-corrected chi connectivity index (χ0v) is 18.9. The summed E-state index contributed by atoms with van der Waals surface area (Å²) in [7, 11) is 0. The molecule has 0 aliphatic carbocycles. The van der Waals surface area contributed by atoms with Gasteiger partial charge in [0.1, 0.15) is 10.9 Å². The van der Waals surface area contributed by atoms with Crippen LogP contribution < -0.4 is 16.8 Å². The lowest BCUT2D eigenvalue weighted by Crippen LogP contribution is -2.50. The van der Waals surface area contributed by atoms with Crippen LogP contribution in [0.2, 0.25) is 0 Å². The quantitative estimate of drug-likeness (QED) is 0.476. The molecule has 2 rings (SSSR count). The van der Waals surface area contributed by atoms with E-state index in [9.17, 15) is 14.4 Å². The summed E-state index contributed by atoms with van der Waals surface area (Å²) >= 11 is 0.814. The predicted octanol–water partition coefficient (Wildman–Crippen LogP) is 1.31. The van der Waals surface area contributed by atoms with Gasteiger partial charge in [0.25, 0.3) is 11.8 Å². The molecule has 10 heteroatoms. The van der Waals surface area contributed by atoms with Crippen LogP contribution in [0.25, 0.3) is 0 Å². The lowest BCUT2D eigenvalue weighted by atomic mass is 10.2. The number of nitrogens with two attached hydrogens (primary N) is 2. The fourth-order valence-corrected chi connectivity index (χ4v) is 3.86. The summed E-state index contributed by atoms with van der Waals surface area (Å²) in [5.74, 6) is -1.52. The van der Waals surface area contributed by atoms with Crippen molar-refractivity contribution in [2.45, 2.75) is 33.4 Å². The van der Waals surface area contributed by atoms with Crippen molar-refractivity contribution in [2.24, 2.45) is 5.73 Å². The molecule has 168 valence electrons. The van der Waals surface area contributed by atoms with Gasteiger partial charge < -0.3 is 26.6 Å². The number of nitrogens with one attached hydrogen (secondary N) is 1. The van der Waals surface area contributed by atoms with Gasteiger partial charge in [0.2, 0.25) is 5.91 Å². The molecular weight excluding hydrogens is 416 g/mol. The van der Waals surface area contributed by atoms with E-state index in [0.717, 1.165) is 30.2 Å². The number of hydrogen-bond donors (Lipinski definition) is 3. The minimum Gasteiger partial charge on any atom is -0.395 e. The van der Waals surface area contributed by atoms with Crippen LogP contribution in [0.4, 0.5) is 5.69 Å². The topological polar surface area (TPSA) is 135 Å². The van der Waals surface area contributed by atoms with Crippen LogP contribution in [0, 0.1) is 0 Å².